The van der Waals surface area contributed by atoms with Crippen LogP contribution in [0.4, 0.5) is 0 Å². The number of hydrogen-bond donors (Lipinski definition) is 0. The van der Waals surface area contributed by atoms with E-state index >= 15 is 0 Å². The van der Waals surface area contributed by atoms with Crippen molar-refractivity contribution in [1.29, 1.82) is 0 Å². The van der Waals surface area contributed by atoms with Crippen molar-refractivity contribution in [1.82, 2.24) is 4.90 Å². The summed E-state index contributed by atoms with van der Waals surface area (Å²) >= 11 is 0. The lowest BCUT2D eigenvalue weighted by Gasteiger charge is -2.29. The lowest BCUT2D eigenvalue weighted by Crippen LogP contribution is -2.33. The first-order chi connectivity index (χ1) is 9.20. The number of carbonyl (C=O) groups is 2. The fourth-order valence-electron chi connectivity index (χ4n) is 2.15. The minimum Gasteiger partial charge on any atom is -0.466 e. The summed E-state index contributed by atoms with van der Waals surface area (Å²) in [6, 6.07) is 9.75. The van der Waals surface area contributed by atoms with Crippen molar-refractivity contribution in [2.24, 2.45) is 0 Å². The third-order valence-electron chi connectivity index (χ3n) is 3.14. The van der Waals surface area contributed by atoms with Gasteiger partial charge >= 0.3 is 5.97 Å². The number of nitrogens with zero attached hydrogens (tertiary/aromatic N) is 1. The standard InChI is InChI=1S/C15H17NO3/c1-19-15(18)10-13-8-5-9-14(17)16(13)11-12-6-3-2-4-7-12/h2-4,6-7,10H,5,8-9,11H2,1H3/b13-10+. The van der Waals surface area contributed by atoms with Gasteiger partial charge < -0.3 is 9.64 Å². The number of carbonyl (C=O) groups excluding carboxylic acids is 2. The zero-order valence-electron chi connectivity index (χ0n) is 11.0. The number of benzene rings is 1. The molecule has 4 nitrogen and oxygen atoms in total. The first-order valence-corrected chi connectivity index (χ1v) is 6.33. The number of methoxy groups -OCH3 is 1. The average molecular weight is 259 g/mol. The van der Waals surface area contributed by atoms with Gasteiger partial charge in [-0.3, -0.25) is 4.79 Å². The van der Waals surface area contributed by atoms with Gasteiger partial charge in [0.05, 0.1) is 13.7 Å². The van der Waals surface area contributed by atoms with Gasteiger partial charge in [-0.15, -0.1) is 0 Å². The first-order valence-electron chi connectivity index (χ1n) is 6.33. The third kappa shape index (κ3) is 3.44. The van der Waals surface area contributed by atoms with Gasteiger partial charge in [-0.25, -0.2) is 4.79 Å². The monoisotopic (exact) mass is 259 g/mol. The maximum atomic E-state index is 12.0. The minimum absolute atomic E-state index is 0.0604. The molecular formula is C15H17NO3. The molecule has 1 aliphatic heterocycles. The molecule has 0 aliphatic carbocycles. The molecule has 19 heavy (non-hydrogen) atoms. The molecule has 1 fully saturated rings. The Bertz CT molecular complexity index is 493. The van der Waals surface area contributed by atoms with Crippen molar-refractivity contribution in [3.63, 3.8) is 0 Å². The van der Waals surface area contributed by atoms with Crippen LogP contribution in [-0.2, 0) is 20.9 Å². The van der Waals surface area contributed by atoms with Crippen LogP contribution in [-0.4, -0.2) is 23.9 Å². The number of amides is 1. The van der Waals surface area contributed by atoms with E-state index in [9.17, 15) is 9.59 Å². The Balaban J connectivity index is 2.19. The highest BCUT2D eigenvalue weighted by molar-refractivity contribution is 5.85. The quantitative estimate of drug-likeness (QED) is 0.618. The van der Waals surface area contributed by atoms with Crippen molar-refractivity contribution in [3.05, 3.63) is 47.7 Å². The van der Waals surface area contributed by atoms with Gasteiger partial charge in [-0.2, -0.15) is 0 Å². The predicted molar refractivity (Wildman–Crippen MR) is 70.9 cm³/mol. The largest absolute Gasteiger partial charge is 0.466 e. The van der Waals surface area contributed by atoms with Crippen LogP contribution < -0.4 is 0 Å². The van der Waals surface area contributed by atoms with Crippen LogP contribution in [0.5, 0.6) is 0 Å². The zero-order chi connectivity index (χ0) is 13.7. The van der Waals surface area contributed by atoms with E-state index in [2.05, 4.69) is 4.74 Å². The number of likely N-dealkylation sites (tertiary alicyclic amines) is 1. The summed E-state index contributed by atoms with van der Waals surface area (Å²) in [4.78, 5) is 25.0. The summed E-state index contributed by atoms with van der Waals surface area (Å²) in [5, 5.41) is 0. The van der Waals surface area contributed by atoms with E-state index in [1.807, 2.05) is 30.3 Å². The Kier molecular flexibility index (Phi) is 4.34. The highest BCUT2D eigenvalue weighted by Crippen LogP contribution is 2.23. The van der Waals surface area contributed by atoms with Gasteiger partial charge in [-0.05, 0) is 18.4 Å². The third-order valence-corrected chi connectivity index (χ3v) is 3.14. The van der Waals surface area contributed by atoms with E-state index in [4.69, 9.17) is 0 Å². The molecule has 1 aromatic carbocycles. The van der Waals surface area contributed by atoms with Gasteiger partial charge in [0.15, 0.2) is 0 Å². The molecule has 1 amide bonds. The molecule has 1 aliphatic rings. The Morgan fingerprint density at radius 3 is 2.74 bits per heavy atom. The van der Waals surface area contributed by atoms with Crippen LogP contribution in [0, 0.1) is 0 Å². The molecule has 0 radical (unpaired) electrons. The molecule has 0 spiro atoms. The van der Waals surface area contributed by atoms with Crippen LogP contribution in [0.2, 0.25) is 0 Å². The Labute approximate surface area is 112 Å². The van der Waals surface area contributed by atoms with E-state index in [0.717, 1.165) is 24.1 Å². The highest BCUT2D eigenvalue weighted by atomic mass is 16.5. The molecule has 0 atom stereocenters. The molecular weight excluding hydrogens is 242 g/mol. The van der Waals surface area contributed by atoms with E-state index < -0.39 is 5.97 Å². The normalized spacial score (nSPS) is 17.6. The van der Waals surface area contributed by atoms with E-state index in [-0.39, 0.29) is 5.91 Å². The highest BCUT2D eigenvalue weighted by Gasteiger charge is 2.23. The molecule has 0 unspecified atom stereocenters. The van der Waals surface area contributed by atoms with Crippen molar-refractivity contribution >= 4 is 11.9 Å². The number of ether oxygens (including phenoxy) is 1. The maximum Gasteiger partial charge on any atom is 0.332 e. The van der Waals surface area contributed by atoms with Crippen molar-refractivity contribution in [3.8, 4) is 0 Å². The number of piperidine rings is 1. The predicted octanol–water partition coefficient (Wildman–Crippen LogP) is 2.26. The fraction of sp³-hybridized carbons (Fsp3) is 0.333. The number of allylic oxidation sites excluding steroid dienone is 1. The minimum atomic E-state index is -0.414. The number of esters is 1. The molecule has 0 bridgehead atoms. The second-order valence-corrected chi connectivity index (χ2v) is 4.48. The van der Waals surface area contributed by atoms with Crippen LogP contribution in [0.3, 0.4) is 0 Å². The smallest absolute Gasteiger partial charge is 0.332 e. The van der Waals surface area contributed by atoms with Crippen LogP contribution in [0.15, 0.2) is 42.1 Å². The molecule has 0 N–H and O–H groups in total. The number of hydrogen-bond acceptors (Lipinski definition) is 3. The van der Waals surface area contributed by atoms with Crippen LogP contribution >= 0.6 is 0 Å². The summed E-state index contributed by atoms with van der Waals surface area (Å²) in [7, 11) is 1.34. The lowest BCUT2D eigenvalue weighted by molar-refractivity contribution is -0.135. The summed E-state index contributed by atoms with van der Waals surface area (Å²) in [5.74, 6) is -0.354. The topological polar surface area (TPSA) is 46.6 Å². The summed E-state index contributed by atoms with van der Waals surface area (Å²) in [5.41, 5.74) is 1.79. The zero-order valence-corrected chi connectivity index (χ0v) is 11.0. The first kappa shape index (κ1) is 13.3. The van der Waals surface area contributed by atoms with E-state index in [1.54, 1.807) is 4.90 Å². The molecule has 4 heteroatoms. The summed E-state index contributed by atoms with van der Waals surface area (Å²) in [6.45, 7) is 0.502. The molecule has 0 aromatic heterocycles. The van der Waals surface area contributed by atoms with Crippen LogP contribution in [0.1, 0.15) is 24.8 Å². The maximum absolute atomic E-state index is 12.0. The van der Waals surface area contributed by atoms with E-state index in [1.165, 1.54) is 13.2 Å². The van der Waals surface area contributed by atoms with Gasteiger partial charge in [0.1, 0.15) is 0 Å². The average Bonchev–Trinajstić information content (AvgIpc) is 2.43. The molecule has 1 heterocycles. The molecule has 0 saturated carbocycles. The van der Waals surface area contributed by atoms with E-state index in [0.29, 0.717) is 13.0 Å². The summed E-state index contributed by atoms with van der Waals surface area (Å²) in [6.07, 6.45) is 3.46. The van der Waals surface area contributed by atoms with Gasteiger partial charge in [0.2, 0.25) is 5.91 Å². The number of rotatable bonds is 3. The van der Waals surface area contributed by atoms with Gasteiger partial charge in [0.25, 0.3) is 0 Å². The Morgan fingerprint density at radius 1 is 1.32 bits per heavy atom. The fourth-order valence-corrected chi connectivity index (χ4v) is 2.15. The van der Waals surface area contributed by atoms with Crippen molar-refractivity contribution < 1.29 is 14.3 Å². The molecule has 1 aromatic rings. The SMILES string of the molecule is COC(=O)/C=C1\CCCC(=O)N1Cc1ccccc1. The second kappa shape index (κ2) is 6.18. The summed E-state index contributed by atoms with van der Waals surface area (Å²) < 4.78 is 4.63. The Morgan fingerprint density at radius 2 is 2.05 bits per heavy atom. The van der Waals surface area contributed by atoms with Crippen LogP contribution in [0.25, 0.3) is 0 Å². The molecule has 1 saturated heterocycles. The lowest BCUT2D eigenvalue weighted by atomic mass is 10.0. The van der Waals surface area contributed by atoms with Crippen molar-refractivity contribution in [2.45, 2.75) is 25.8 Å². The Hall–Kier alpha value is -2.10. The second-order valence-electron chi connectivity index (χ2n) is 4.48. The molecule has 2 rings (SSSR count). The van der Waals surface area contributed by atoms with Crippen molar-refractivity contribution in [2.75, 3.05) is 7.11 Å². The van der Waals surface area contributed by atoms with Gasteiger partial charge in [0, 0.05) is 18.2 Å². The molecule has 100 valence electrons. The van der Waals surface area contributed by atoms with Gasteiger partial charge in [-0.1, -0.05) is 30.3 Å².